The summed E-state index contributed by atoms with van der Waals surface area (Å²) in [6, 6.07) is 5.05. The predicted octanol–water partition coefficient (Wildman–Crippen LogP) is 4.01. The summed E-state index contributed by atoms with van der Waals surface area (Å²) < 4.78 is 14.2. The lowest BCUT2D eigenvalue weighted by molar-refractivity contribution is 0.584. The lowest BCUT2D eigenvalue weighted by Gasteiger charge is -2.11. The van der Waals surface area contributed by atoms with Crippen LogP contribution in [0.1, 0.15) is 24.8 Å². The van der Waals surface area contributed by atoms with E-state index in [0.717, 1.165) is 22.2 Å². The van der Waals surface area contributed by atoms with Crippen molar-refractivity contribution in [3.63, 3.8) is 0 Å². The van der Waals surface area contributed by atoms with Crippen LogP contribution in [0.5, 0.6) is 0 Å². The van der Waals surface area contributed by atoms with Crippen molar-refractivity contribution >= 4 is 28.6 Å². The Balaban J connectivity index is 2.91. The van der Waals surface area contributed by atoms with Crippen LogP contribution in [-0.2, 0) is 0 Å². The minimum absolute atomic E-state index is 0.127. The monoisotopic (exact) mass is 262 g/mol. The fraction of sp³-hybridized carbons (Fsp3) is 0.400. The SMILES string of the molecule is CC(CCS)c1cc(Br)ccc1F. The normalized spacial score (nSPS) is 12.9. The average Bonchev–Trinajstić information content (AvgIpc) is 2.09. The maximum Gasteiger partial charge on any atom is 0.126 e. The number of rotatable bonds is 3. The van der Waals surface area contributed by atoms with E-state index in [-0.39, 0.29) is 11.7 Å². The summed E-state index contributed by atoms with van der Waals surface area (Å²) >= 11 is 7.47. The van der Waals surface area contributed by atoms with Gasteiger partial charge in [0, 0.05) is 4.47 Å². The molecule has 0 saturated carbocycles. The van der Waals surface area contributed by atoms with E-state index in [2.05, 4.69) is 28.6 Å². The first kappa shape index (κ1) is 11.1. The molecule has 0 aromatic heterocycles. The van der Waals surface area contributed by atoms with E-state index in [1.165, 1.54) is 6.07 Å². The van der Waals surface area contributed by atoms with E-state index in [0.29, 0.717) is 0 Å². The zero-order chi connectivity index (χ0) is 9.84. The molecule has 13 heavy (non-hydrogen) atoms. The summed E-state index contributed by atoms with van der Waals surface area (Å²) in [5.74, 6) is 0.889. The van der Waals surface area contributed by atoms with E-state index in [1.807, 2.05) is 13.0 Å². The van der Waals surface area contributed by atoms with Gasteiger partial charge in [-0.3, -0.25) is 0 Å². The van der Waals surface area contributed by atoms with E-state index in [9.17, 15) is 4.39 Å². The molecule has 0 nitrogen and oxygen atoms in total. The van der Waals surface area contributed by atoms with Crippen LogP contribution < -0.4 is 0 Å². The first-order valence-electron chi connectivity index (χ1n) is 4.21. The molecule has 1 atom stereocenters. The summed E-state index contributed by atoms with van der Waals surface area (Å²) in [5, 5.41) is 0. The molecule has 1 unspecified atom stereocenters. The molecular weight excluding hydrogens is 251 g/mol. The summed E-state index contributed by atoms with van der Waals surface area (Å²) in [7, 11) is 0. The summed E-state index contributed by atoms with van der Waals surface area (Å²) in [5.41, 5.74) is 0.767. The maximum absolute atomic E-state index is 13.3. The van der Waals surface area contributed by atoms with Gasteiger partial charge in [-0.2, -0.15) is 12.6 Å². The summed E-state index contributed by atoms with van der Waals surface area (Å²) in [6.45, 7) is 2.01. The Kier molecular flexibility index (Phi) is 4.26. The van der Waals surface area contributed by atoms with Gasteiger partial charge in [-0.1, -0.05) is 22.9 Å². The second kappa shape index (κ2) is 5.01. The first-order chi connectivity index (χ1) is 6.15. The lowest BCUT2D eigenvalue weighted by atomic mass is 9.98. The molecule has 72 valence electrons. The fourth-order valence-corrected chi connectivity index (χ4v) is 2.01. The molecule has 0 amide bonds. The predicted molar refractivity (Wildman–Crippen MR) is 61.0 cm³/mol. The zero-order valence-electron chi connectivity index (χ0n) is 7.43. The molecular formula is C10H12BrFS. The number of halogens is 2. The van der Waals surface area contributed by atoms with Crippen LogP contribution >= 0.6 is 28.6 Å². The smallest absolute Gasteiger partial charge is 0.126 e. The summed E-state index contributed by atoms with van der Waals surface area (Å²) in [4.78, 5) is 0. The topological polar surface area (TPSA) is 0 Å². The van der Waals surface area contributed by atoms with Crippen molar-refractivity contribution < 1.29 is 4.39 Å². The fourth-order valence-electron chi connectivity index (χ4n) is 1.24. The lowest BCUT2D eigenvalue weighted by Crippen LogP contribution is -1.98. The standard InChI is InChI=1S/C10H12BrFS/c1-7(4-5-13)9-6-8(11)2-3-10(9)12/h2-3,6-7,13H,4-5H2,1H3. The van der Waals surface area contributed by atoms with E-state index in [4.69, 9.17) is 0 Å². The van der Waals surface area contributed by atoms with Crippen molar-refractivity contribution in [3.05, 3.63) is 34.1 Å². The Morgan fingerprint density at radius 3 is 2.85 bits per heavy atom. The van der Waals surface area contributed by atoms with Crippen LogP contribution in [0.2, 0.25) is 0 Å². The molecule has 0 radical (unpaired) electrons. The summed E-state index contributed by atoms with van der Waals surface area (Å²) in [6.07, 6.45) is 0.899. The third kappa shape index (κ3) is 2.99. The Morgan fingerprint density at radius 2 is 2.23 bits per heavy atom. The van der Waals surface area contributed by atoms with Crippen molar-refractivity contribution in [1.82, 2.24) is 0 Å². The molecule has 1 aromatic carbocycles. The molecule has 0 aliphatic carbocycles. The van der Waals surface area contributed by atoms with E-state index >= 15 is 0 Å². The van der Waals surface area contributed by atoms with E-state index < -0.39 is 0 Å². The highest BCUT2D eigenvalue weighted by Gasteiger charge is 2.10. The van der Waals surface area contributed by atoms with Crippen LogP contribution in [0.4, 0.5) is 4.39 Å². The van der Waals surface area contributed by atoms with Gasteiger partial charge in [0.15, 0.2) is 0 Å². The van der Waals surface area contributed by atoms with Crippen LogP contribution in [0.15, 0.2) is 22.7 Å². The Bertz CT molecular complexity index is 288. The largest absolute Gasteiger partial charge is 0.207 e. The second-order valence-electron chi connectivity index (χ2n) is 3.08. The van der Waals surface area contributed by atoms with Crippen molar-refractivity contribution in [2.24, 2.45) is 0 Å². The molecule has 1 rings (SSSR count). The molecule has 0 bridgehead atoms. The van der Waals surface area contributed by atoms with Crippen molar-refractivity contribution in [3.8, 4) is 0 Å². The highest BCUT2D eigenvalue weighted by Crippen LogP contribution is 2.25. The van der Waals surface area contributed by atoms with Crippen LogP contribution in [0.25, 0.3) is 0 Å². The van der Waals surface area contributed by atoms with Gasteiger partial charge in [0.2, 0.25) is 0 Å². The highest BCUT2D eigenvalue weighted by molar-refractivity contribution is 9.10. The molecule has 0 saturated heterocycles. The van der Waals surface area contributed by atoms with Crippen molar-refractivity contribution in [1.29, 1.82) is 0 Å². The third-order valence-electron chi connectivity index (χ3n) is 2.05. The van der Waals surface area contributed by atoms with Gasteiger partial charge in [0.25, 0.3) is 0 Å². The minimum Gasteiger partial charge on any atom is -0.207 e. The second-order valence-corrected chi connectivity index (χ2v) is 4.44. The Morgan fingerprint density at radius 1 is 1.54 bits per heavy atom. The third-order valence-corrected chi connectivity index (χ3v) is 2.80. The zero-order valence-corrected chi connectivity index (χ0v) is 9.91. The highest BCUT2D eigenvalue weighted by atomic mass is 79.9. The molecule has 3 heteroatoms. The Hall–Kier alpha value is -0.0200. The minimum atomic E-state index is -0.127. The first-order valence-corrected chi connectivity index (χ1v) is 5.63. The molecule has 0 heterocycles. The number of benzene rings is 1. The molecule has 0 aliphatic rings. The van der Waals surface area contributed by atoms with Gasteiger partial charge in [0.05, 0.1) is 0 Å². The number of thiol groups is 1. The molecule has 1 aromatic rings. The molecule has 0 aliphatic heterocycles. The van der Waals surface area contributed by atoms with Gasteiger partial charge in [-0.15, -0.1) is 0 Å². The van der Waals surface area contributed by atoms with Gasteiger partial charge in [0.1, 0.15) is 5.82 Å². The van der Waals surface area contributed by atoms with Gasteiger partial charge < -0.3 is 0 Å². The van der Waals surface area contributed by atoms with Crippen LogP contribution in [0.3, 0.4) is 0 Å². The molecule has 0 N–H and O–H groups in total. The molecule has 0 spiro atoms. The number of hydrogen-bond acceptors (Lipinski definition) is 1. The average molecular weight is 263 g/mol. The van der Waals surface area contributed by atoms with Crippen LogP contribution in [-0.4, -0.2) is 5.75 Å². The quantitative estimate of drug-likeness (QED) is 0.782. The van der Waals surface area contributed by atoms with E-state index in [1.54, 1.807) is 6.07 Å². The Labute approximate surface area is 92.1 Å². The molecule has 0 fully saturated rings. The van der Waals surface area contributed by atoms with Gasteiger partial charge in [-0.05, 0) is 41.9 Å². The van der Waals surface area contributed by atoms with Gasteiger partial charge in [-0.25, -0.2) is 4.39 Å². The van der Waals surface area contributed by atoms with Gasteiger partial charge >= 0.3 is 0 Å². The van der Waals surface area contributed by atoms with Crippen molar-refractivity contribution in [2.45, 2.75) is 19.3 Å². The van der Waals surface area contributed by atoms with Crippen LogP contribution in [0, 0.1) is 5.82 Å². The number of hydrogen-bond donors (Lipinski definition) is 1. The van der Waals surface area contributed by atoms with Crippen molar-refractivity contribution in [2.75, 3.05) is 5.75 Å². The maximum atomic E-state index is 13.3.